The summed E-state index contributed by atoms with van der Waals surface area (Å²) in [7, 11) is -3.86. The van der Waals surface area contributed by atoms with Gasteiger partial charge in [0.15, 0.2) is 0 Å². The van der Waals surface area contributed by atoms with Crippen molar-refractivity contribution in [3.05, 3.63) is 0 Å². The van der Waals surface area contributed by atoms with E-state index in [1.54, 1.807) is 0 Å². The molecule has 0 rings (SSSR count). The van der Waals surface area contributed by atoms with Crippen LogP contribution in [0.2, 0.25) is 0 Å². The second kappa shape index (κ2) is 2.64. The van der Waals surface area contributed by atoms with Crippen molar-refractivity contribution in [1.82, 2.24) is 0 Å². The average molecular weight is 135 g/mol. The molecule has 0 aliphatic rings. The van der Waals surface area contributed by atoms with E-state index in [1.807, 2.05) is 0 Å². The first-order valence-corrected chi connectivity index (χ1v) is 3.33. The molecule has 0 bridgehead atoms. The van der Waals surface area contributed by atoms with Crippen LogP contribution in [0.25, 0.3) is 0 Å². The molecular weight excluding hydrogens is 130 g/mol. The molecule has 0 atom stereocenters. The molecule has 0 heterocycles. The summed E-state index contributed by atoms with van der Waals surface area (Å²) < 4.78 is 24.0. The first kappa shape index (κ1) is 7.40. The van der Waals surface area contributed by atoms with E-state index >= 15 is 0 Å². The monoisotopic (exact) mass is 135 g/mol. The van der Waals surface area contributed by atoms with E-state index < -0.39 is 10.1 Å². The van der Waals surface area contributed by atoms with E-state index in [0.717, 1.165) is 5.40 Å². The third kappa shape index (κ3) is 2.55. The molecule has 0 aliphatic heterocycles. The number of hydrogen-bond donors (Lipinski definition) is 0. The Bertz CT molecular complexity index is 187. The van der Waals surface area contributed by atoms with E-state index in [2.05, 4.69) is 4.18 Å². The van der Waals surface area contributed by atoms with Crippen molar-refractivity contribution in [3.63, 3.8) is 0 Å². The topological polar surface area (TPSA) is 67.2 Å². The Balaban J connectivity index is 4.02. The van der Waals surface area contributed by atoms with Crippen molar-refractivity contribution in [2.75, 3.05) is 6.61 Å². The zero-order valence-electron chi connectivity index (χ0n) is 4.29. The largest absolute Gasteiger partial charge is 0.362 e. The fraction of sp³-hybridized carbons (Fsp3) is 0.667. The van der Waals surface area contributed by atoms with Crippen LogP contribution in [0.1, 0.15) is 6.92 Å². The Kier molecular flexibility index (Phi) is 2.45. The van der Waals surface area contributed by atoms with Crippen LogP contribution in [0.3, 0.4) is 0 Å². The van der Waals surface area contributed by atoms with Crippen molar-refractivity contribution < 1.29 is 12.6 Å². The molecule has 0 spiro atoms. The number of nitrogens with zero attached hydrogens (tertiary/aromatic N) is 1. The van der Waals surface area contributed by atoms with Crippen LogP contribution >= 0.6 is 0 Å². The summed E-state index contributed by atoms with van der Waals surface area (Å²) in [6, 6.07) is 0. The highest BCUT2D eigenvalue weighted by Crippen LogP contribution is 1.86. The van der Waals surface area contributed by atoms with Crippen LogP contribution in [-0.2, 0) is 14.3 Å². The number of nitriles is 1. The van der Waals surface area contributed by atoms with Crippen LogP contribution in [0.5, 0.6) is 0 Å². The quantitative estimate of drug-likeness (QED) is 0.299. The molecular formula is C3H5NO3S. The van der Waals surface area contributed by atoms with E-state index in [1.165, 1.54) is 6.92 Å². The second-order valence-electron chi connectivity index (χ2n) is 0.952. The molecule has 4 nitrogen and oxygen atoms in total. The normalized spacial score (nSPS) is 10.5. The SMILES string of the molecule is CCOS(=O)(=O)C#N. The lowest BCUT2D eigenvalue weighted by atomic mass is 10.9. The van der Waals surface area contributed by atoms with Gasteiger partial charge in [-0.3, -0.25) is 4.18 Å². The van der Waals surface area contributed by atoms with Gasteiger partial charge in [-0.2, -0.15) is 13.7 Å². The molecule has 0 aromatic rings. The highest BCUT2D eigenvalue weighted by Gasteiger charge is 2.04. The average Bonchev–Trinajstić information content (AvgIpc) is 1.67. The third-order valence-corrected chi connectivity index (χ3v) is 1.15. The molecule has 46 valence electrons. The van der Waals surface area contributed by atoms with Crippen LogP contribution in [0.15, 0.2) is 0 Å². The lowest BCUT2D eigenvalue weighted by Gasteiger charge is -1.87. The Morgan fingerprint density at radius 2 is 2.25 bits per heavy atom. The first-order chi connectivity index (χ1) is 3.62. The maximum atomic E-state index is 10.0. The summed E-state index contributed by atoms with van der Waals surface area (Å²) in [6.07, 6.45) is 0. The molecule has 0 saturated carbocycles. The Morgan fingerprint density at radius 3 is 2.38 bits per heavy atom. The number of thiocyanates is 1. The summed E-state index contributed by atoms with van der Waals surface area (Å²) >= 11 is 0. The van der Waals surface area contributed by atoms with Gasteiger partial charge in [-0.1, -0.05) is 0 Å². The van der Waals surface area contributed by atoms with E-state index in [-0.39, 0.29) is 6.61 Å². The van der Waals surface area contributed by atoms with E-state index in [4.69, 9.17) is 5.26 Å². The Hall–Kier alpha value is -0.600. The minimum absolute atomic E-state index is 0.00981. The summed E-state index contributed by atoms with van der Waals surface area (Å²) in [4.78, 5) is 0. The van der Waals surface area contributed by atoms with Gasteiger partial charge in [0.25, 0.3) is 0 Å². The fourth-order valence-electron chi connectivity index (χ4n) is 0.182. The lowest BCUT2D eigenvalue weighted by Crippen LogP contribution is -2.00. The van der Waals surface area contributed by atoms with Crippen molar-refractivity contribution >= 4 is 10.1 Å². The number of rotatable bonds is 2. The van der Waals surface area contributed by atoms with Gasteiger partial charge in [-0.25, -0.2) is 0 Å². The lowest BCUT2D eigenvalue weighted by molar-refractivity contribution is 0.345. The zero-order chi connectivity index (χ0) is 6.62. The predicted molar refractivity (Wildman–Crippen MR) is 26.2 cm³/mol. The highest BCUT2D eigenvalue weighted by molar-refractivity contribution is 7.91. The zero-order valence-corrected chi connectivity index (χ0v) is 5.10. The molecule has 0 saturated heterocycles. The van der Waals surface area contributed by atoms with Crippen LogP contribution in [-0.4, -0.2) is 15.0 Å². The van der Waals surface area contributed by atoms with Gasteiger partial charge < -0.3 is 0 Å². The van der Waals surface area contributed by atoms with Crippen molar-refractivity contribution in [1.29, 1.82) is 5.26 Å². The second-order valence-corrected chi connectivity index (χ2v) is 2.28. The molecule has 0 unspecified atom stereocenters. The highest BCUT2D eigenvalue weighted by atomic mass is 32.2. The van der Waals surface area contributed by atoms with Crippen molar-refractivity contribution in [3.8, 4) is 5.40 Å². The Morgan fingerprint density at radius 1 is 1.75 bits per heavy atom. The minimum Gasteiger partial charge on any atom is -0.259 e. The van der Waals surface area contributed by atoms with Crippen LogP contribution in [0.4, 0.5) is 0 Å². The smallest absolute Gasteiger partial charge is 0.259 e. The number of hydrogen-bond acceptors (Lipinski definition) is 4. The molecule has 0 aromatic carbocycles. The first-order valence-electron chi connectivity index (χ1n) is 1.92. The molecule has 0 radical (unpaired) electrons. The molecule has 0 aliphatic carbocycles. The van der Waals surface area contributed by atoms with Gasteiger partial charge in [0.2, 0.25) is 5.40 Å². The fourth-order valence-corrected chi connectivity index (χ4v) is 0.545. The maximum absolute atomic E-state index is 10.0. The summed E-state index contributed by atoms with van der Waals surface area (Å²) in [6.45, 7) is 1.50. The standard InChI is InChI=1S/C3H5NO3S/c1-2-7-8(5,6)3-4/h2H2,1H3. The summed E-state index contributed by atoms with van der Waals surface area (Å²) in [5, 5.41) is 8.75. The van der Waals surface area contributed by atoms with Crippen LogP contribution in [0, 0.1) is 10.7 Å². The van der Waals surface area contributed by atoms with Gasteiger partial charge in [-0.15, -0.1) is 0 Å². The Labute approximate surface area is 47.8 Å². The summed E-state index contributed by atoms with van der Waals surface area (Å²) in [5.41, 5.74) is 0. The third-order valence-electron chi connectivity index (χ3n) is 0.385. The maximum Gasteiger partial charge on any atom is 0.362 e. The van der Waals surface area contributed by atoms with Gasteiger partial charge in [0.1, 0.15) is 0 Å². The van der Waals surface area contributed by atoms with Gasteiger partial charge in [0.05, 0.1) is 6.61 Å². The summed E-state index contributed by atoms with van der Waals surface area (Å²) in [5.74, 6) is 0. The van der Waals surface area contributed by atoms with Gasteiger partial charge in [-0.05, 0) is 6.92 Å². The van der Waals surface area contributed by atoms with E-state index in [9.17, 15) is 8.42 Å². The van der Waals surface area contributed by atoms with Crippen LogP contribution < -0.4 is 0 Å². The van der Waals surface area contributed by atoms with Crippen molar-refractivity contribution in [2.24, 2.45) is 0 Å². The minimum atomic E-state index is -3.86. The molecule has 8 heavy (non-hydrogen) atoms. The van der Waals surface area contributed by atoms with Gasteiger partial charge in [0, 0.05) is 0 Å². The molecule has 0 fully saturated rings. The molecule has 0 amide bonds. The molecule has 5 heteroatoms. The van der Waals surface area contributed by atoms with Gasteiger partial charge >= 0.3 is 10.1 Å². The van der Waals surface area contributed by atoms with E-state index in [0.29, 0.717) is 0 Å². The molecule has 0 N–H and O–H groups in total. The molecule has 0 aromatic heterocycles. The van der Waals surface area contributed by atoms with Crippen molar-refractivity contribution in [2.45, 2.75) is 6.92 Å². The predicted octanol–water partition coefficient (Wildman–Crippen LogP) is -0.166.